The fourth-order valence-electron chi connectivity index (χ4n) is 1.87. The molecule has 0 atom stereocenters. The molecule has 0 aliphatic carbocycles. The SMILES string of the molecule is COC(=O)c1c(-c2ccc(C)cc2)csc1NC(=O)C(Cl)(Cl)Cl. The molecule has 1 amide bonds. The molecule has 0 spiro atoms. The number of thiophene rings is 1. The molecule has 2 rings (SSSR count). The van der Waals surface area contributed by atoms with E-state index in [-0.39, 0.29) is 10.6 Å². The summed E-state index contributed by atoms with van der Waals surface area (Å²) in [5.74, 6) is -1.42. The molecular weight excluding hydrogens is 381 g/mol. The second kappa shape index (κ2) is 7.09. The molecule has 0 aliphatic heterocycles. The van der Waals surface area contributed by atoms with Crippen molar-refractivity contribution in [3.8, 4) is 11.1 Å². The van der Waals surface area contributed by atoms with Crippen molar-refractivity contribution in [2.45, 2.75) is 10.7 Å². The van der Waals surface area contributed by atoms with Gasteiger partial charge in [-0.15, -0.1) is 11.3 Å². The molecule has 4 nitrogen and oxygen atoms in total. The highest BCUT2D eigenvalue weighted by molar-refractivity contribution is 7.15. The molecule has 0 saturated heterocycles. The van der Waals surface area contributed by atoms with Crippen molar-refractivity contribution >= 4 is 63.0 Å². The molecule has 0 fully saturated rings. The van der Waals surface area contributed by atoms with Crippen LogP contribution in [0.3, 0.4) is 0 Å². The summed E-state index contributed by atoms with van der Waals surface area (Å²) in [6, 6.07) is 7.61. The second-order valence-electron chi connectivity index (χ2n) is 4.66. The Bertz CT molecular complexity index is 735. The Hall–Kier alpha value is -1.27. The van der Waals surface area contributed by atoms with Crippen LogP contribution in [0.25, 0.3) is 11.1 Å². The average Bonchev–Trinajstić information content (AvgIpc) is 2.90. The van der Waals surface area contributed by atoms with Crippen LogP contribution in [-0.2, 0) is 9.53 Å². The number of carbonyl (C=O) groups is 2. The van der Waals surface area contributed by atoms with Crippen LogP contribution in [0.1, 0.15) is 15.9 Å². The van der Waals surface area contributed by atoms with Crippen LogP contribution >= 0.6 is 46.1 Å². The first-order valence-corrected chi connectivity index (χ1v) is 8.40. The quantitative estimate of drug-likeness (QED) is 0.602. The third-order valence-corrected chi connectivity index (χ3v) is 4.44. The van der Waals surface area contributed by atoms with Crippen molar-refractivity contribution in [1.82, 2.24) is 0 Å². The lowest BCUT2D eigenvalue weighted by Gasteiger charge is -2.12. The van der Waals surface area contributed by atoms with Crippen molar-refractivity contribution in [3.05, 3.63) is 40.8 Å². The summed E-state index contributed by atoms with van der Waals surface area (Å²) in [5.41, 5.74) is 2.78. The molecule has 0 aliphatic rings. The number of amides is 1. The molecule has 8 heteroatoms. The normalized spacial score (nSPS) is 11.2. The van der Waals surface area contributed by atoms with Crippen LogP contribution in [0, 0.1) is 6.92 Å². The number of aryl methyl sites for hydroxylation is 1. The highest BCUT2D eigenvalue weighted by atomic mass is 35.6. The Balaban J connectivity index is 2.47. The van der Waals surface area contributed by atoms with Crippen LogP contribution in [0.15, 0.2) is 29.6 Å². The zero-order valence-corrected chi connectivity index (χ0v) is 15.2. The summed E-state index contributed by atoms with van der Waals surface area (Å²) in [4.78, 5) is 24.0. The first-order chi connectivity index (χ1) is 10.7. The van der Waals surface area contributed by atoms with Gasteiger partial charge in [-0.1, -0.05) is 64.6 Å². The number of nitrogens with one attached hydrogen (secondary N) is 1. The van der Waals surface area contributed by atoms with E-state index < -0.39 is 15.7 Å². The van der Waals surface area contributed by atoms with E-state index in [1.54, 1.807) is 5.38 Å². The molecule has 122 valence electrons. The van der Waals surface area contributed by atoms with Gasteiger partial charge in [0.05, 0.1) is 7.11 Å². The lowest BCUT2D eigenvalue weighted by molar-refractivity contribution is -0.115. The first kappa shape index (κ1) is 18.1. The molecule has 1 aromatic carbocycles. The fraction of sp³-hybridized carbons (Fsp3) is 0.200. The molecule has 1 heterocycles. The average molecular weight is 393 g/mol. The van der Waals surface area contributed by atoms with Gasteiger partial charge in [-0.05, 0) is 12.5 Å². The predicted molar refractivity (Wildman–Crippen MR) is 94.8 cm³/mol. The van der Waals surface area contributed by atoms with Gasteiger partial charge in [0.25, 0.3) is 9.70 Å². The number of hydrogen-bond acceptors (Lipinski definition) is 4. The van der Waals surface area contributed by atoms with Gasteiger partial charge in [0.1, 0.15) is 10.6 Å². The molecule has 23 heavy (non-hydrogen) atoms. The van der Waals surface area contributed by atoms with Crippen molar-refractivity contribution in [1.29, 1.82) is 0 Å². The zero-order valence-electron chi connectivity index (χ0n) is 12.2. The highest BCUT2D eigenvalue weighted by Gasteiger charge is 2.32. The number of hydrogen-bond donors (Lipinski definition) is 1. The number of methoxy groups -OCH3 is 1. The molecule has 1 N–H and O–H groups in total. The molecule has 0 unspecified atom stereocenters. The van der Waals surface area contributed by atoms with E-state index in [0.717, 1.165) is 22.5 Å². The lowest BCUT2D eigenvalue weighted by atomic mass is 10.0. The second-order valence-corrected chi connectivity index (χ2v) is 7.82. The number of benzene rings is 1. The van der Waals surface area contributed by atoms with Gasteiger partial charge in [0.15, 0.2) is 0 Å². The summed E-state index contributed by atoms with van der Waals surface area (Å²) in [6.07, 6.45) is 0. The van der Waals surface area contributed by atoms with Gasteiger partial charge >= 0.3 is 5.97 Å². The molecule has 2 aromatic rings. The largest absolute Gasteiger partial charge is 0.465 e. The molecular formula is C15H12Cl3NO3S. The van der Waals surface area contributed by atoms with Crippen molar-refractivity contribution in [2.75, 3.05) is 12.4 Å². The zero-order chi connectivity index (χ0) is 17.2. The minimum absolute atomic E-state index is 0.226. The number of esters is 1. The third-order valence-electron chi connectivity index (χ3n) is 3.03. The minimum Gasteiger partial charge on any atom is -0.465 e. The highest BCUT2D eigenvalue weighted by Crippen LogP contribution is 2.37. The maximum atomic E-state index is 12.1. The van der Waals surface area contributed by atoms with Gasteiger partial charge in [-0.3, -0.25) is 4.79 Å². The van der Waals surface area contributed by atoms with E-state index in [2.05, 4.69) is 5.32 Å². The predicted octanol–water partition coefficient (Wildman–Crippen LogP) is 4.82. The number of anilines is 1. The number of alkyl halides is 3. The Labute approximate surface area is 152 Å². The Morgan fingerprint density at radius 2 is 1.78 bits per heavy atom. The summed E-state index contributed by atoms with van der Waals surface area (Å²) < 4.78 is 2.68. The number of halogens is 3. The molecule has 0 bridgehead atoms. The van der Waals surface area contributed by atoms with Gasteiger partial charge in [-0.25, -0.2) is 4.79 Å². The fourth-order valence-corrected chi connectivity index (χ4v) is 2.97. The van der Waals surface area contributed by atoms with E-state index in [1.807, 2.05) is 31.2 Å². The minimum atomic E-state index is -2.12. The Kier molecular flexibility index (Phi) is 5.57. The van der Waals surface area contributed by atoms with Gasteiger partial charge in [0, 0.05) is 10.9 Å². The first-order valence-electron chi connectivity index (χ1n) is 6.39. The van der Waals surface area contributed by atoms with Gasteiger partial charge in [-0.2, -0.15) is 0 Å². The molecule has 1 aromatic heterocycles. The smallest absolute Gasteiger partial charge is 0.341 e. The van der Waals surface area contributed by atoms with Crippen molar-refractivity contribution in [2.24, 2.45) is 0 Å². The van der Waals surface area contributed by atoms with Crippen LogP contribution in [0.5, 0.6) is 0 Å². The van der Waals surface area contributed by atoms with Crippen LogP contribution in [-0.4, -0.2) is 22.8 Å². The van der Waals surface area contributed by atoms with Crippen molar-refractivity contribution < 1.29 is 14.3 Å². The number of ether oxygens (including phenoxy) is 1. The van der Waals surface area contributed by atoms with Gasteiger partial charge < -0.3 is 10.1 Å². The van der Waals surface area contributed by atoms with Gasteiger partial charge in [0.2, 0.25) is 0 Å². The van der Waals surface area contributed by atoms with E-state index in [9.17, 15) is 9.59 Å². The standard InChI is InChI=1S/C15H12Cl3NO3S/c1-8-3-5-9(6-4-8)10-7-23-12(11(10)13(20)22-2)19-14(21)15(16,17)18/h3-7H,1-2H3,(H,19,21). The summed E-state index contributed by atoms with van der Waals surface area (Å²) in [6.45, 7) is 1.96. The maximum absolute atomic E-state index is 12.1. The van der Waals surface area contributed by atoms with E-state index in [4.69, 9.17) is 39.5 Å². The Morgan fingerprint density at radius 3 is 2.30 bits per heavy atom. The number of carbonyl (C=O) groups excluding carboxylic acids is 2. The van der Waals surface area contributed by atoms with Crippen LogP contribution in [0.2, 0.25) is 0 Å². The van der Waals surface area contributed by atoms with E-state index >= 15 is 0 Å². The molecule has 0 saturated carbocycles. The Morgan fingerprint density at radius 1 is 1.17 bits per heavy atom. The van der Waals surface area contributed by atoms with E-state index in [1.165, 1.54) is 7.11 Å². The number of rotatable bonds is 3. The maximum Gasteiger partial charge on any atom is 0.341 e. The summed E-state index contributed by atoms with van der Waals surface area (Å²) >= 11 is 17.8. The summed E-state index contributed by atoms with van der Waals surface area (Å²) in [5, 5.41) is 4.46. The van der Waals surface area contributed by atoms with Crippen LogP contribution in [0.4, 0.5) is 5.00 Å². The lowest BCUT2D eigenvalue weighted by Crippen LogP contribution is -2.27. The topological polar surface area (TPSA) is 55.4 Å². The monoisotopic (exact) mass is 391 g/mol. The molecule has 0 radical (unpaired) electrons. The third kappa shape index (κ3) is 4.18. The van der Waals surface area contributed by atoms with E-state index in [0.29, 0.717) is 5.56 Å². The van der Waals surface area contributed by atoms with Crippen LogP contribution < -0.4 is 5.32 Å². The summed E-state index contributed by atoms with van der Waals surface area (Å²) in [7, 11) is 1.26. The van der Waals surface area contributed by atoms with Crippen molar-refractivity contribution in [3.63, 3.8) is 0 Å².